The Hall–Kier alpha value is -1.86. The number of hydrogen-bond acceptors (Lipinski definition) is 5. The predicted molar refractivity (Wildman–Crippen MR) is 92.1 cm³/mol. The number of aliphatic carboxylic acids is 1. The van der Waals surface area contributed by atoms with Crippen molar-refractivity contribution in [1.29, 1.82) is 0 Å². The quantitative estimate of drug-likeness (QED) is 0.651. The normalized spacial score (nSPS) is 20.4. The molecule has 1 N–H and O–H groups in total. The molecule has 1 heterocycles. The molecule has 1 amide bonds. The Morgan fingerprint density at radius 2 is 2.04 bits per heavy atom. The van der Waals surface area contributed by atoms with Crippen molar-refractivity contribution in [3.63, 3.8) is 0 Å². The maximum atomic E-state index is 12.1. The first kappa shape index (κ1) is 17.5. The molecule has 1 atom stereocenters. The van der Waals surface area contributed by atoms with Crippen LogP contribution in [-0.2, 0) is 9.59 Å². The van der Waals surface area contributed by atoms with Gasteiger partial charge < -0.3 is 5.11 Å². The fourth-order valence-corrected chi connectivity index (χ4v) is 3.30. The summed E-state index contributed by atoms with van der Waals surface area (Å²) in [6.07, 6.45) is -0.223. The first-order valence-electron chi connectivity index (χ1n) is 7.00. The zero-order chi connectivity index (χ0) is 17.0. The van der Waals surface area contributed by atoms with Crippen molar-refractivity contribution in [2.75, 3.05) is 6.54 Å². The number of hydrogen-bond donors (Lipinski definition) is 1. The van der Waals surface area contributed by atoms with E-state index in [9.17, 15) is 9.59 Å². The van der Waals surface area contributed by atoms with E-state index in [2.05, 4.69) is 10.2 Å². The van der Waals surface area contributed by atoms with Gasteiger partial charge in [0.2, 0.25) is 5.91 Å². The zero-order valence-corrected chi connectivity index (χ0v) is 14.3. The predicted octanol–water partition coefficient (Wildman–Crippen LogP) is 2.86. The minimum absolute atomic E-state index is 0.223. The lowest BCUT2D eigenvalue weighted by Gasteiger charge is -2.11. The van der Waals surface area contributed by atoms with E-state index in [1.807, 2.05) is 19.1 Å². The van der Waals surface area contributed by atoms with Crippen LogP contribution in [0.1, 0.15) is 25.8 Å². The number of carbonyl (C=O) groups excluding carboxylic acids is 1. The van der Waals surface area contributed by atoms with Gasteiger partial charge in [-0.1, -0.05) is 35.5 Å². The fourth-order valence-electron chi connectivity index (χ4n) is 2.03. The molecule has 0 aliphatic carbocycles. The molecule has 1 aliphatic rings. The van der Waals surface area contributed by atoms with Crippen LogP contribution in [0.15, 0.2) is 34.5 Å². The van der Waals surface area contributed by atoms with Crippen molar-refractivity contribution in [2.45, 2.75) is 25.5 Å². The summed E-state index contributed by atoms with van der Waals surface area (Å²) >= 11 is 6.98. The van der Waals surface area contributed by atoms with Crippen LogP contribution in [0, 0.1) is 0 Å². The van der Waals surface area contributed by atoms with Gasteiger partial charge in [-0.3, -0.25) is 14.5 Å². The molecule has 1 saturated heterocycles. The van der Waals surface area contributed by atoms with E-state index in [-0.39, 0.29) is 12.3 Å². The Morgan fingerprint density at radius 3 is 2.61 bits per heavy atom. The van der Waals surface area contributed by atoms with Gasteiger partial charge in [-0.25, -0.2) is 0 Å². The number of carboxylic acids is 1. The number of carbonyl (C=O) groups is 2. The molecule has 0 unspecified atom stereocenters. The number of carboxylic acid groups (broad SMARTS) is 1. The Labute approximate surface area is 143 Å². The Balaban J connectivity index is 2.20. The van der Waals surface area contributed by atoms with Gasteiger partial charge in [0, 0.05) is 11.6 Å². The fraction of sp³-hybridized carbons (Fsp3) is 0.333. The molecule has 1 aliphatic heterocycles. The van der Waals surface area contributed by atoms with Crippen LogP contribution in [0.3, 0.4) is 0 Å². The molecule has 1 aromatic rings. The molecule has 1 aromatic carbocycles. The number of amidine groups is 1. The molecule has 0 spiro atoms. The molecule has 0 radical (unpaired) electrons. The standard InChI is InChI=1S/C15H16ClN3O3S/c1-3-19-14(22)12(8-13(20)21)23-15(19)18-17-9(2)10-4-6-11(16)7-5-10/h4-7,12H,3,8H2,1-2H3,(H,20,21)/b17-9-,18-15+/t12-/m0/s1. The summed E-state index contributed by atoms with van der Waals surface area (Å²) in [5.74, 6) is -1.24. The summed E-state index contributed by atoms with van der Waals surface area (Å²) < 4.78 is 0. The van der Waals surface area contributed by atoms with Gasteiger partial charge in [-0.05, 0) is 31.5 Å². The molecular weight excluding hydrogens is 338 g/mol. The second kappa shape index (κ2) is 7.61. The Kier molecular flexibility index (Phi) is 5.79. The molecule has 23 heavy (non-hydrogen) atoms. The van der Waals surface area contributed by atoms with E-state index in [1.165, 1.54) is 4.90 Å². The van der Waals surface area contributed by atoms with Gasteiger partial charge in [0.15, 0.2) is 5.17 Å². The van der Waals surface area contributed by atoms with Gasteiger partial charge in [-0.15, -0.1) is 5.10 Å². The van der Waals surface area contributed by atoms with Crippen molar-refractivity contribution >= 4 is 46.1 Å². The summed E-state index contributed by atoms with van der Waals surface area (Å²) in [5.41, 5.74) is 1.55. The van der Waals surface area contributed by atoms with E-state index < -0.39 is 11.2 Å². The van der Waals surface area contributed by atoms with Crippen molar-refractivity contribution < 1.29 is 14.7 Å². The van der Waals surface area contributed by atoms with Gasteiger partial charge in [0.1, 0.15) is 5.25 Å². The van der Waals surface area contributed by atoms with Gasteiger partial charge in [-0.2, -0.15) is 5.10 Å². The number of amides is 1. The third kappa shape index (κ3) is 4.33. The van der Waals surface area contributed by atoms with Gasteiger partial charge >= 0.3 is 5.97 Å². The van der Waals surface area contributed by atoms with Crippen molar-refractivity contribution in [1.82, 2.24) is 4.90 Å². The molecule has 1 fully saturated rings. The third-order valence-electron chi connectivity index (χ3n) is 3.24. The van der Waals surface area contributed by atoms with Crippen LogP contribution in [0.2, 0.25) is 5.02 Å². The number of thioether (sulfide) groups is 1. The summed E-state index contributed by atoms with van der Waals surface area (Å²) in [4.78, 5) is 24.4. The highest BCUT2D eigenvalue weighted by atomic mass is 35.5. The summed E-state index contributed by atoms with van der Waals surface area (Å²) in [7, 11) is 0. The highest BCUT2D eigenvalue weighted by Gasteiger charge is 2.38. The van der Waals surface area contributed by atoms with Gasteiger partial charge in [0.05, 0.1) is 12.1 Å². The minimum Gasteiger partial charge on any atom is -0.481 e. The molecule has 0 bridgehead atoms. The number of rotatable bonds is 5. The second-order valence-corrected chi connectivity index (χ2v) is 6.47. The Bertz CT molecular complexity index is 673. The van der Waals surface area contributed by atoms with Crippen molar-refractivity contribution in [3.8, 4) is 0 Å². The average Bonchev–Trinajstić information content (AvgIpc) is 2.80. The van der Waals surface area contributed by atoms with Gasteiger partial charge in [0.25, 0.3) is 0 Å². The molecular formula is C15H16ClN3O3S. The van der Waals surface area contributed by atoms with Crippen LogP contribution in [0.4, 0.5) is 0 Å². The van der Waals surface area contributed by atoms with E-state index in [1.54, 1.807) is 19.1 Å². The first-order chi connectivity index (χ1) is 10.9. The van der Waals surface area contributed by atoms with E-state index in [4.69, 9.17) is 16.7 Å². The van der Waals surface area contributed by atoms with Crippen molar-refractivity contribution in [2.24, 2.45) is 10.2 Å². The molecule has 6 nitrogen and oxygen atoms in total. The number of halogens is 1. The third-order valence-corrected chi connectivity index (χ3v) is 4.66. The largest absolute Gasteiger partial charge is 0.481 e. The smallest absolute Gasteiger partial charge is 0.305 e. The lowest BCUT2D eigenvalue weighted by molar-refractivity contribution is -0.139. The second-order valence-electron chi connectivity index (χ2n) is 4.86. The van der Waals surface area contributed by atoms with E-state index in [0.29, 0.717) is 22.4 Å². The highest BCUT2D eigenvalue weighted by molar-refractivity contribution is 8.15. The topological polar surface area (TPSA) is 82.3 Å². The minimum atomic E-state index is -1.01. The molecule has 8 heteroatoms. The van der Waals surface area contributed by atoms with E-state index in [0.717, 1.165) is 17.3 Å². The molecule has 2 rings (SSSR count). The summed E-state index contributed by atoms with van der Waals surface area (Å²) in [6, 6.07) is 7.19. The SMILES string of the molecule is CCN1C(=O)[C@H](CC(=O)O)S/C1=N/N=C(/C)c1ccc(Cl)cc1. The van der Waals surface area contributed by atoms with E-state index >= 15 is 0 Å². The lowest BCUT2D eigenvalue weighted by atomic mass is 10.1. The molecule has 0 aromatic heterocycles. The average molecular weight is 354 g/mol. The lowest BCUT2D eigenvalue weighted by Crippen LogP contribution is -2.32. The number of nitrogens with zero attached hydrogens (tertiary/aromatic N) is 3. The van der Waals surface area contributed by atoms with Crippen LogP contribution < -0.4 is 0 Å². The van der Waals surface area contributed by atoms with Crippen LogP contribution in [0.25, 0.3) is 0 Å². The zero-order valence-electron chi connectivity index (χ0n) is 12.7. The summed E-state index contributed by atoms with van der Waals surface area (Å²) in [5, 5.41) is 17.6. The van der Waals surface area contributed by atoms with Crippen LogP contribution in [0.5, 0.6) is 0 Å². The Morgan fingerprint density at radius 1 is 1.39 bits per heavy atom. The molecule has 122 valence electrons. The highest BCUT2D eigenvalue weighted by Crippen LogP contribution is 2.29. The van der Waals surface area contributed by atoms with Crippen LogP contribution >= 0.6 is 23.4 Å². The van der Waals surface area contributed by atoms with Crippen LogP contribution in [-0.4, -0.2) is 44.6 Å². The maximum Gasteiger partial charge on any atom is 0.305 e. The molecule has 0 saturated carbocycles. The first-order valence-corrected chi connectivity index (χ1v) is 8.26. The summed E-state index contributed by atoms with van der Waals surface area (Å²) in [6.45, 7) is 4.04. The number of benzene rings is 1. The monoisotopic (exact) mass is 353 g/mol. The van der Waals surface area contributed by atoms with Crippen molar-refractivity contribution in [3.05, 3.63) is 34.9 Å². The maximum absolute atomic E-state index is 12.1.